The Balaban J connectivity index is 1.77. The van der Waals surface area contributed by atoms with Gasteiger partial charge >= 0.3 is 0 Å². The second-order valence-electron chi connectivity index (χ2n) is 5.44. The van der Waals surface area contributed by atoms with Crippen LogP contribution >= 0.6 is 0 Å². The number of carbonyl (C=O) groups excluding carboxylic acids is 1. The van der Waals surface area contributed by atoms with E-state index in [9.17, 15) is 4.79 Å². The highest BCUT2D eigenvalue weighted by atomic mass is 16.2. The highest BCUT2D eigenvalue weighted by Gasteiger charge is 2.27. The van der Waals surface area contributed by atoms with Crippen LogP contribution in [0.2, 0.25) is 0 Å². The monoisotopic (exact) mass is 285 g/mol. The lowest BCUT2D eigenvalue weighted by Gasteiger charge is -2.33. The molecule has 0 saturated carbocycles. The molecule has 1 aliphatic heterocycles. The lowest BCUT2D eigenvalue weighted by atomic mass is 10.0. The smallest absolute Gasteiger partial charge is 0.255 e. The second kappa shape index (κ2) is 5.63. The molecule has 6 heteroatoms. The fourth-order valence-electron chi connectivity index (χ4n) is 2.89. The van der Waals surface area contributed by atoms with Crippen molar-refractivity contribution in [2.45, 2.75) is 32.7 Å². The van der Waals surface area contributed by atoms with Gasteiger partial charge in [-0.2, -0.15) is 5.10 Å². The highest BCUT2D eigenvalue weighted by molar-refractivity contribution is 5.93. The van der Waals surface area contributed by atoms with Crippen LogP contribution in [-0.4, -0.2) is 43.6 Å². The number of aryl methyl sites for hydroxylation is 2. The van der Waals surface area contributed by atoms with Crippen molar-refractivity contribution in [3.63, 3.8) is 0 Å². The first-order chi connectivity index (χ1) is 10.1. The van der Waals surface area contributed by atoms with Crippen molar-refractivity contribution in [2.75, 3.05) is 13.1 Å². The molecule has 21 heavy (non-hydrogen) atoms. The average molecular weight is 285 g/mol. The Morgan fingerprint density at radius 1 is 1.38 bits per heavy atom. The van der Waals surface area contributed by atoms with Crippen LogP contribution in [0.3, 0.4) is 0 Å². The normalized spacial score (nSPS) is 18.8. The standard InChI is InChI=1S/C15H19N5O/c1-11-17-12(2)20(18-11)14-6-4-8-19(10-14)15(21)13-5-3-7-16-9-13/h3,5,7,9,14H,4,6,8,10H2,1-2H3/t14-/m1/s1. The van der Waals surface area contributed by atoms with Crippen LogP contribution in [0.25, 0.3) is 0 Å². The Morgan fingerprint density at radius 3 is 2.90 bits per heavy atom. The van der Waals surface area contributed by atoms with Crippen molar-refractivity contribution in [3.05, 3.63) is 41.7 Å². The topological polar surface area (TPSA) is 63.9 Å². The van der Waals surface area contributed by atoms with Gasteiger partial charge in [0, 0.05) is 25.5 Å². The van der Waals surface area contributed by atoms with E-state index in [2.05, 4.69) is 15.1 Å². The van der Waals surface area contributed by atoms with E-state index < -0.39 is 0 Å². The van der Waals surface area contributed by atoms with Gasteiger partial charge in [-0.15, -0.1) is 0 Å². The minimum absolute atomic E-state index is 0.0438. The summed E-state index contributed by atoms with van der Waals surface area (Å²) in [7, 11) is 0. The molecule has 1 saturated heterocycles. The second-order valence-corrected chi connectivity index (χ2v) is 5.44. The third-order valence-electron chi connectivity index (χ3n) is 3.85. The fourth-order valence-corrected chi connectivity index (χ4v) is 2.89. The fraction of sp³-hybridized carbons (Fsp3) is 0.467. The van der Waals surface area contributed by atoms with Crippen molar-refractivity contribution in [3.8, 4) is 0 Å². The lowest BCUT2D eigenvalue weighted by molar-refractivity contribution is 0.0671. The SMILES string of the molecule is Cc1nc(C)n([C@@H]2CCCN(C(=O)c3cccnc3)C2)n1. The number of piperidine rings is 1. The zero-order valence-corrected chi connectivity index (χ0v) is 12.4. The van der Waals surface area contributed by atoms with Gasteiger partial charge in [0.05, 0.1) is 11.6 Å². The predicted molar refractivity (Wildman–Crippen MR) is 77.9 cm³/mol. The molecule has 2 aromatic rings. The van der Waals surface area contributed by atoms with E-state index in [0.29, 0.717) is 12.1 Å². The first-order valence-corrected chi connectivity index (χ1v) is 7.24. The molecule has 3 rings (SSSR count). The Morgan fingerprint density at radius 2 is 2.24 bits per heavy atom. The van der Waals surface area contributed by atoms with Gasteiger partial charge in [0.15, 0.2) is 0 Å². The van der Waals surface area contributed by atoms with Crippen LogP contribution in [0.15, 0.2) is 24.5 Å². The molecule has 3 heterocycles. The van der Waals surface area contributed by atoms with Crippen LogP contribution in [-0.2, 0) is 0 Å². The maximum Gasteiger partial charge on any atom is 0.255 e. The number of pyridine rings is 1. The van der Waals surface area contributed by atoms with E-state index in [0.717, 1.165) is 31.0 Å². The molecule has 6 nitrogen and oxygen atoms in total. The summed E-state index contributed by atoms with van der Waals surface area (Å²) in [6.07, 6.45) is 5.31. The Hall–Kier alpha value is -2.24. The number of hydrogen-bond acceptors (Lipinski definition) is 4. The van der Waals surface area contributed by atoms with E-state index in [1.165, 1.54) is 0 Å². The molecule has 0 bridgehead atoms. The summed E-state index contributed by atoms with van der Waals surface area (Å²) in [5.41, 5.74) is 0.643. The maximum absolute atomic E-state index is 12.5. The summed E-state index contributed by atoms with van der Waals surface area (Å²) in [5.74, 6) is 1.73. The summed E-state index contributed by atoms with van der Waals surface area (Å²) in [5, 5.41) is 4.46. The molecule has 0 spiro atoms. The molecule has 1 aliphatic rings. The third kappa shape index (κ3) is 2.79. The summed E-state index contributed by atoms with van der Waals surface area (Å²) < 4.78 is 1.96. The zero-order chi connectivity index (χ0) is 14.8. The van der Waals surface area contributed by atoms with Gasteiger partial charge in [-0.3, -0.25) is 9.78 Å². The van der Waals surface area contributed by atoms with Gasteiger partial charge in [-0.1, -0.05) is 0 Å². The predicted octanol–water partition coefficient (Wildman–Crippen LogP) is 1.77. The molecule has 1 fully saturated rings. The van der Waals surface area contributed by atoms with Crippen LogP contribution in [0, 0.1) is 13.8 Å². The number of carbonyl (C=O) groups is 1. The van der Waals surface area contributed by atoms with E-state index in [1.807, 2.05) is 29.5 Å². The number of hydrogen-bond donors (Lipinski definition) is 0. The molecule has 0 aliphatic carbocycles. The largest absolute Gasteiger partial charge is 0.336 e. The van der Waals surface area contributed by atoms with Gasteiger partial charge in [-0.25, -0.2) is 9.67 Å². The average Bonchev–Trinajstić information content (AvgIpc) is 2.86. The van der Waals surface area contributed by atoms with Crippen molar-refractivity contribution in [1.29, 1.82) is 0 Å². The van der Waals surface area contributed by atoms with Crippen LogP contribution < -0.4 is 0 Å². The number of likely N-dealkylation sites (tertiary alicyclic amines) is 1. The van der Waals surface area contributed by atoms with Crippen molar-refractivity contribution < 1.29 is 4.79 Å². The molecule has 110 valence electrons. The van der Waals surface area contributed by atoms with Crippen LogP contribution in [0.4, 0.5) is 0 Å². The molecular weight excluding hydrogens is 266 g/mol. The quantitative estimate of drug-likeness (QED) is 0.843. The summed E-state index contributed by atoms with van der Waals surface area (Å²) >= 11 is 0. The van der Waals surface area contributed by atoms with Crippen molar-refractivity contribution in [2.24, 2.45) is 0 Å². The van der Waals surface area contributed by atoms with Gasteiger partial charge in [0.1, 0.15) is 11.6 Å². The van der Waals surface area contributed by atoms with E-state index in [4.69, 9.17) is 0 Å². The minimum atomic E-state index is 0.0438. The maximum atomic E-state index is 12.5. The van der Waals surface area contributed by atoms with E-state index in [1.54, 1.807) is 18.5 Å². The Labute approximate surface area is 123 Å². The van der Waals surface area contributed by atoms with Crippen LogP contribution in [0.5, 0.6) is 0 Å². The summed E-state index contributed by atoms with van der Waals surface area (Å²) in [6.45, 7) is 5.32. The van der Waals surface area contributed by atoms with E-state index >= 15 is 0 Å². The molecule has 1 amide bonds. The summed E-state index contributed by atoms with van der Waals surface area (Å²) in [4.78, 5) is 22.8. The first-order valence-electron chi connectivity index (χ1n) is 7.24. The van der Waals surface area contributed by atoms with Crippen molar-refractivity contribution in [1.82, 2.24) is 24.6 Å². The zero-order valence-electron chi connectivity index (χ0n) is 12.4. The van der Waals surface area contributed by atoms with Gasteiger partial charge in [0.25, 0.3) is 5.91 Å². The molecule has 0 radical (unpaired) electrons. The molecule has 0 unspecified atom stereocenters. The highest BCUT2D eigenvalue weighted by Crippen LogP contribution is 2.23. The third-order valence-corrected chi connectivity index (χ3v) is 3.85. The number of amides is 1. The Bertz CT molecular complexity index is 637. The lowest BCUT2D eigenvalue weighted by Crippen LogP contribution is -2.41. The number of rotatable bonds is 2. The summed E-state index contributed by atoms with van der Waals surface area (Å²) in [6, 6.07) is 3.81. The number of nitrogens with zero attached hydrogens (tertiary/aromatic N) is 5. The van der Waals surface area contributed by atoms with Gasteiger partial charge in [0.2, 0.25) is 0 Å². The molecule has 0 N–H and O–H groups in total. The van der Waals surface area contributed by atoms with Gasteiger partial charge in [-0.05, 0) is 38.8 Å². The van der Waals surface area contributed by atoms with Gasteiger partial charge < -0.3 is 4.90 Å². The minimum Gasteiger partial charge on any atom is -0.336 e. The van der Waals surface area contributed by atoms with E-state index in [-0.39, 0.29) is 11.9 Å². The molecule has 2 aromatic heterocycles. The Kier molecular flexibility index (Phi) is 3.68. The first kappa shape index (κ1) is 13.7. The number of aromatic nitrogens is 4. The van der Waals surface area contributed by atoms with Crippen LogP contribution in [0.1, 0.15) is 40.9 Å². The molecule has 0 aromatic carbocycles. The van der Waals surface area contributed by atoms with Crippen molar-refractivity contribution >= 4 is 5.91 Å². The molecular formula is C15H19N5O. The molecule has 1 atom stereocenters.